The fourth-order valence-corrected chi connectivity index (χ4v) is 1.50. The lowest BCUT2D eigenvalue weighted by Gasteiger charge is -2.07. The summed E-state index contributed by atoms with van der Waals surface area (Å²) in [5, 5.41) is 8.59. The fourth-order valence-electron chi connectivity index (χ4n) is 1.07. The van der Waals surface area contributed by atoms with Crippen LogP contribution in [0.25, 0.3) is 0 Å². The van der Waals surface area contributed by atoms with Crippen molar-refractivity contribution in [1.29, 1.82) is 0 Å². The maximum absolute atomic E-state index is 10.5. The van der Waals surface area contributed by atoms with Gasteiger partial charge in [-0.2, -0.15) is 0 Å². The Morgan fingerprint density at radius 3 is 2.54 bits per heavy atom. The molecule has 1 aromatic carbocycles. The van der Waals surface area contributed by atoms with Crippen LogP contribution in [-0.2, 0) is 11.2 Å². The molecule has 1 aromatic rings. The summed E-state index contributed by atoms with van der Waals surface area (Å²) >= 11 is 11.3. The number of alkyl halides is 2. The van der Waals surface area contributed by atoms with Crippen LogP contribution in [-0.4, -0.2) is 11.1 Å². The Labute approximate surface area is 86.1 Å². The zero-order valence-electron chi connectivity index (χ0n) is 6.71. The zero-order chi connectivity index (χ0) is 9.84. The molecule has 0 spiro atoms. The molecule has 0 aliphatic rings. The highest BCUT2D eigenvalue weighted by Crippen LogP contribution is 2.27. The molecule has 70 valence electrons. The Hall–Kier alpha value is -0.730. The first-order chi connectivity index (χ1) is 6.11. The van der Waals surface area contributed by atoms with Crippen molar-refractivity contribution in [3.8, 4) is 0 Å². The van der Waals surface area contributed by atoms with E-state index in [1.807, 2.05) is 0 Å². The third-order valence-electron chi connectivity index (χ3n) is 1.63. The van der Waals surface area contributed by atoms with Crippen molar-refractivity contribution >= 4 is 29.2 Å². The monoisotopic (exact) mass is 218 g/mol. The molecule has 0 radical (unpaired) electrons. The lowest BCUT2D eigenvalue weighted by molar-refractivity contribution is -0.136. The maximum atomic E-state index is 10.5. The molecular formula is C9H8Cl2O2. The summed E-state index contributed by atoms with van der Waals surface area (Å²) in [6.07, 6.45) is -0.0495. The van der Waals surface area contributed by atoms with Crippen molar-refractivity contribution < 1.29 is 9.90 Å². The SMILES string of the molecule is O=C(O)Cc1ccccc1C(Cl)Cl. The first-order valence-corrected chi connectivity index (χ1v) is 4.56. The van der Waals surface area contributed by atoms with E-state index in [9.17, 15) is 4.79 Å². The van der Waals surface area contributed by atoms with E-state index in [4.69, 9.17) is 28.3 Å². The van der Waals surface area contributed by atoms with Crippen LogP contribution in [0.4, 0.5) is 0 Å². The summed E-state index contributed by atoms with van der Waals surface area (Å²) in [6.45, 7) is 0. The molecule has 1 rings (SSSR count). The Balaban J connectivity index is 2.97. The van der Waals surface area contributed by atoms with Gasteiger partial charge in [0.25, 0.3) is 0 Å². The summed E-state index contributed by atoms with van der Waals surface area (Å²) in [5.41, 5.74) is 1.32. The van der Waals surface area contributed by atoms with E-state index in [0.717, 1.165) is 0 Å². The fraction of sp³-hybridized carbons (Fsp3) is 0.222. The van der Waals surface area contributed by atoms with Gasteiger partial charge < -0.3 is 5.11 Å². The number of hydrogen-bond acceptors (Lipinski definition) is 1. The number of carboxylic acid groups (broad SMARTS) is 1. The molecular weight excluding hydrogens is 211 g/mol. The highest BCUT2D eigenvalue weighted by atomic mass is 35.5. The molecule has 0 heterocycles. The molecule has 1 N–H and O–H groups in total. The minimum Gasteiger partial charge on any atom is -0.481 e. The molecule has 0 aliphatic heterocycles. The molecule has 2 nitrogen and oxygen atoms in total. The van der Waals surface area contributed by atoms with Crippen LogP contribution in [0.5, 0.6) is 0 Å². The second kappa shape index (κ2) is 4.49. The van der Waals surface area contributed by atoms with Crippen LogP contribution < -0.4 is 0 Å². The van der Waals surface area contributed by atoms with Crippen molar-refractivity contribution in [1.82, 2.24) is 0 Å². The average Bonchev–Trinajstić information content (AvgIpc) is 2.03. The second-order valence-electron chi connectivity index (χ2n) is 2.57. The molecule has 4 heteroatoms. The average molecular weight is 219 g/mol. The largest absolute Gasteiger partial charge is 0.481 e. The number of benzene rings is 1. The van der Waals surface area contributed by atoms with Crippen LogP contribution >= 0.6 is 23.2 Å². The third-order valence-corrected chi connectivity index (χ3v) is 2.10. The van der Waals surface area contributed by atoms with E-state index in [1.54, 1.807) is 24.3 Å². The quantitative estimate of drug-likeness (QED) is 0.793. The molecule has 0 saturated carbocycles. The van der Waals surface area contributed by atoms with Gasteiger partial charge in [0.1, 0.15) is 4.84 Å². The van der Waals surface area contributed by atoms with E-state index in [2.05, 4.69) is 0 Å². The van der Waals surface area contributed by atoms with E-state index in [0.29, 0.717) is 11.1 Å². The predicted octanol–water partition coefficient (Wildman–Crippen LogP) is 2.79. The van der Waals surface area contributed by atoms with Crippen LogP contribution in [0, 0.1) is 0 Å². The molecule has 0 unspecified atom stereocenters. The van der Waals surface area contributed by atoms with Gasteiger partial charge in [0.2, 0.25) is 0 Å². The minimum atomic E-state index is -0.888. The minimum absolute atomic E-state index is 0.0495. The number of carbonyl (C=O) groups is 1. The molecule has 13 heavy (non-hydrogen) atoms. The topological polar surface area (TPSA) is 37.3 Å². The normalized spacial score (nSPS) is 10.4. The lowest BCUT2D eigenvalue weighted by Crippen LogP contribution is -2.03. The molecule has 0 atom stereocenters. The summed E-state index contributed by atoms with van der Waals surface area (Å²) < 4.78 is 0. The van der Waals surface area contributed by atoms with Gasteiger partial charge in [0.15, 0.2) is 0 Å². The Morgan fingerprint density at radius 1 is 1.38 bits per heavy atom. The molecule has 0 bridgehead atoms. The standard InChI is InChI=1S/C9H8Cl2O2/c10-9(11)7-4-2-1-3-6(7)5-8(12)13/h1-4,9H,5H2,(H,12,13). The lowest BCUT2D eigenvalue weighted by atomic mass is 10.1. The van der Waals surface area contributed by atoms with Crippen LogP contribution in [0.3, 0.4) is 0 Å². The summed E-state index contributed by atoms with van der Waals surface area (Å²) in [5.74, 6) is -0.888. The Kier molecular flexibility index (Phi) is 3.58. The van der Waals surface area contributed by atoms with Gasteiger partial charge >= 0.3 is 5.97 Å². The predicted molar refractivity (Wildman–Crippen MR) is 52.2 cm³/mol. The number of hydrogen-bond donors (Lipinski definition) is 1. The van der Waals surface area contributed by atoms with Gasteiger partial charge in [-0.05, 0) is 11.1 Å². The number of aliphatic carboxylic acids is 1. The van der Waals surface area contributed by atoms with Crippen molar-refractivity contribution in [3.05, 3.63) is 35.4 Å². The first kappa shape index (κ1) is 10.4. The third kappa shape index (κ3) is 2.90. The van der Waals surface area contributed by atoms with Gasteiger partial charge in [0, 0.05) is 0 Å². The molecule has 0 amide bonds. The van der Waals surface area contributed by atoms with E-state index < -0.39 is 10.8 Å². The van der Waals surface area contributed by atoms with Crippen molar-refractivity contribution in [3.63, 3.8) is 0 Å². The van der Waals surface area contributed by atoms with Crippen molar-refractivity contribution in [2.24, 2.45) is 0 Å². The summed E-state index contributed by atoms with van der Waals surface area (Å²) in [4.78, 5) is 9.79. The Morgan fingerprint density at radius 2 is 2.00 bits per heavy atom. The molecule has 0 saturated heterocycles. The molecule has 0 aliphatic carbocycles. The van der Waals surface area contributed by atoms with E-state index in [1.165, 1.54) is 0 Å². The Bertz CT molecular complexity index is 310. The van der Waals surface area contributed by atoms with Gasteiger partial charge in [-0.25, -0.2) is 0 Å². The summed E-state index contributed by atoms with van der Waals surface area (Å²) in [6, 6.07) is 6.97. The molecule has 0 fully saturated rings. The van der Waals surface area contributed by atoms with Crippen LogP contribution in [0.1, 0.15) is 16.0 Å². The highest BCUT2D eigenvalue weighted by Gasteiger charge is 2.10. The summed E-state index contributed by atoms with van der Waals surface area (Å²) in [7, 11) is 0. The first-order valence-electron chi connectivity index (χ1n) is 3.69. The van der Waals surface area contributed by atoms with E-state index >= 15 is 0 Å². The maximum Gasteiger partial charge on any atom is 0.307 e. The van der Waals surface area contributed by atoms with Crippen molar-refractivity contribution in [2.45, 2.75) is 11.3 Å². The molecule has 0 aromatic heterocycles. The van der Waals surface area contributed by atoms with E-state index in [-0.39, 0.29) is 6.42 Å². The smallest absolute Gasteiger partial charge is 0.307 e. The van der Waals surface area contributed by atoms with Gasteiger partial charge in [-0.1, -0.05) is 24.3 Å². The van der Waals surface area contributed by atoms with Gasteiger partial charge in [0.05, 0.1) is 6.42 Å². The zero-order valence-corrected chi connectivity index (χ0v) is 8.22. The van der Waals surface area contributed by atoms with Crippen LogP contribution in [0.2, 0.25) is 0 Å². The van der Waals surface area contributed by atoms with Crippen LogP contribution in [0.15, 0.2) is 24.3 Å². The number of halogens is 2. The number of carboxylic acids is 1. The highest BCUT2D eigenvalue weighted by molar-refractivity contribution is 6.44. The van der Waals surface area contributed by atoms with Gasteiger partial charge in [-0.3, -0.25) is 4.79 Å². The number of rotatable bonds is 3. The van der Waals surface area contributed by atoms with Gasteiger partial charge in [-0.15, -0.1) is 23.2 Å². The van der Waals surface area contributed by atoms with Crippen molar-refractivity contribution in [2.75, 3.05) is 0 Å². The second-order valence-corrected chi connectivity index (χ2v) is 3.67.